The highest BCUT2D eigenvalue weighted by Gasteiger charge is 2.14. The third-order valence-corrected chi connectivity index (χ3v) is 3.67. The van der Waals surface area contributed by atoms with E-state index in [0.717, 1.165) is 5.75 Å². The largest absolute Gasteiger partial charge is 0.493 e. The minimum absolute atomic E-state index is 0.174. The van der Waals surface area contributed by atoms with Gasteiger partial charge in [0.15, 0.2) is 0 Å². The summed E-state index contributed by atoms with van der Waals surface area (Å²) in [6.45, 7) is 1.89. The quantitative estimate of drug-likeness (QED) is 0.803. The van der Waals surface area contributed by atoms with Crippen LogP contribution in [0.25, 0.3) is 0 Å². The van der Waals surface area contributed by atoms with Crippen LogP contribution in [0.1, 0.15) is 6.92 Å². The van der Waals surface area contributed by atoms with Crippen molar-refractivity contribution in [2.24, 2.45) is 5.92 Å². The van der Waals surface area contributed by atoms with Crippen molar-refractivity contribution < 1.29 is 18.8 Å². The van der Waals surface area contributed by atoms with Gasteiger partial charge in [-0.3, -0.25) is 9.00 Å². The lowest BCUT2D eigenvalue weighted by Crippen LogP contribution is -2.20. The number of aliphatic carboxylic acids is 1. The van der Waals surface area contributed by atoms with Crippen molar-refractivity contribution in [3.8, 4) is 5.75 Å². The standard InChI is InChI=1S/C12H16O4S/c1-10(12(13)14)9-17(15)8-7-16-11-5-3-2-4-6-11/h2-6,10H,7-9H2,1H3,(H,13,14). The molecule has 4 nitrogen and oxygen atoms in total. The summed E-state index contributed by atoms with van der Waals surface area (Å²) in [4.78, 5) is 10.6. The Kier molecular flexibility index (Phi) is 5.69. The number of benzene rings is 1. The number of rotatable bonds is 7. The molecule has 0 aliphatic rings. The summed E-state index contributed by atoms with van der Waals surface area (Å²) in [6.07, 6.45) is 0. The van der Waals surface area contributed by atoms with Gasteiger partial charge in [-0.1, -0.05) is 25.1 Å². The van der Waals surface area contributed by atoms with E-state index in [2.05, 4.69) is 0 Å². The summed E-state index contributed by atoms with van der Waals surface area (Å²) in [5, 5.41) is 8.67. The molecule has 0 amide bonds. The van der Waals surface area contributed by atoms with Crippen molar-refractivity contribution in [3.63, 3.8) is 0 Å². The monoisotopic (exact) mass is 256 g/mol. The van der Waals surface area contributed by atoms with Crippen LogP contribution in [0.5, 0.6) is 5.75 Å². The van der Waals surface area contributed by atoms with Crippen LogP contribution in [0.2, 0.25) is 0 Å². The normalized spacial score (nSPS) is 13.9. The molecule has 0 saturated heterocycles. The molecule has 1 aromatic rings. The zero-order valence-electron chi connectivity index (χ0n) is 9.67. The van der Waals surface area contributed by atoms with Crippen LogP contribution in [0.15, 0.2) is 30.3 Å². The van der Waals surface area contributed by atoms with Crippen LogP contribution >= 0.6 is 0 Å². The number of carboxylic acids is 1. The second-order valence-corrected chi connectivity index (χ2v) is 5.33. The molecule has 0 bridgehead atoms. The maximum absolute atomic E-state index is 11.5. The molecule has 0 aliphatic heterocycles. The highest BCUT2D eigenvalue weighted by atomic mass is 32.2. The Morgan fingerprint density at radius 3 is 2.65 bits per heavy atom. The van der Waals surface area contributed by atoms with Crippen LogP contribution in [0.4, 0.5) is 0 Å². The van der Waals surface area contributed by atoms with E-state index in [1.54, 1.807) is 6.92 Å². The first-order valence-corrected chi connectivity index (χ1v) is 6.84. The molecular weight excluding hydrogens is 240 g/mol. The number of ether oxygens (including phenoxy) is 1. The summed E-state index contributed by atoms with van der Waals surface area (Å²) in [7, 11) is -1.15. The Labute approximate surface area is 103 Å². The zero-order chi connectivity index (χ0) is 12.7. The lowest BCUT2D eigenvalue weighted by molar-refractivity contribution is -0.140. The van der Waals surface area contributed by atoms with Crippen LogP contribution in [0, 0.1) is 5.92 Å². The zero-order valence-corrected chi connectivity index (χ0v) is 10.5. The number of hydrogen-bond donors (Lipinski definition) is 1. The van der Waals surface area contributed by atoms with Gasteiger partial charge in [-0.15, -0.1) is 0 Å². The van der Waals surface area contributed by atoms with E-state index >= 15 is 0 Å². The summed E-state index contributed by atoms with van der Waals surface area (Å²) < 4.78 is 16.9. The van der Waals surface area contributed by atoms with E-state index in [0.29, 0.717) is 12.4 Å². The van der Waals surface area contributed by atoms with Crippen molar-refractivity contribution in [1.29, 1.82) is 0 Å². The molecule has 0 heterocycles. The molecule has 0 saturated carbocycles. The van der Waals surface area contributed by atoms with E-state index in [-0.39, 0.29) is 5.75 Å². The maximum Gasteiger partial charge on any atom is 0.307 e. The topological polar surface area (TPSA) is 63.6 Å². The van der Waals surface area contributed by atoms with Gasteiger partial charge in [0.1, 0.15) is 5.75 Å². The van der Waals surface area contributed by atoms with E-state index in [1.165, 1.54) is 0 Å². The van der Waals surface area contributed by atoms with Crippen LogP contribution in [-0.4, -0.2) is 33.4 Å². The molecule has 17 heavy (non-hydrogen) atoms. The van der Waals surface area contributed by atoms with Gasteiger partial charge in [0.05, 0.1) is 18.3 Å². The molecule has 5 heteroatoms. The van der Waals surface area contributed by atoms with Gasteiger partial charge in [-0.05, 0) is 12.1 Å². The molecule has 2 unspecified atom stereocenters. The number of para-hydroxylation sites is 1. The van der Waals surface area contributed by atoms with Gasteiger partial charge >= 0.3 is 5.97 Å². The van der Waals surface area contributed by atoms with Crippen LogP contribution < -0.4 is 4.74 Å². The number of hydrogen-bond acceptors (Lipinski definition) is 3. The minimum atomic E-state index is -1.15. The first-order chi connectivity index (χ1) is 8.09. The van der Waals surface area contributed by atoms with Gasteiger partial charge in [-0.2, -0.15) is 0 Å². The first kappa shape index (κ1) is 13.7. The fourth-order valence-electron chi connectivity index (χ4n) is 1.20. The second kappa shape index (κ2) is 7.06. The SMILES string of the molecule is CC(CS(=O)CCOc1ccccc1)C(=O)O. The summed E-state index contributed by atoms with van der Waals surface area (Å²) >= 11 is 0. The number of carbonyl (C=O) groups is 1. The molecule has 0 fully saturated rings. The molecule has 0 aromatic heterocycles. The summed E-state index contributed by atoms with van der Waals surface area (Å²) in [6, 6.07) is 9.25. The number of carboxylic acid groups (broad SMARTS) is 1. The van der Waals surface area contributed by atoms with Gasteiger partial charge in [0, 0.05) is 16.6 Å². The van der Waals surface area contributed by atoms with Gasteiger partial charge in [0.2, 0.25) is 0 Å². The predicted molar refractivity (Wildman–Crippen MR) is 66.6 cm³/mol. The minimum Gasteiger partial charge on any atom is -0.493 e. The predicted octanol–water partition coefficient (Wildman–Crippen LogP) is 1.53. The van der Waals surface area contributed by atoms with Gasteiger partial charge in [-0.25, -0.2) is 0 Å². The Bertz CT molecular complexity index is 377. The molecule has 1 rings (SSSR count). The van der Waals surface area contributed by atoms with E-state index < -0.39 is 22.7 Å². The molecule has 1 aromatic carbocycles. The first-order valence-electron chi connectivity index (χ1n) is 5.35. The second-order valence-electron chi connectivity index (χ2n) is 3.71. The molecule has 1 N–H and O–H groups in total. The molecule has 0 aliphatic carbocycles. The fourth-order valence-corrected chi connectivity index (χ4v) is 2.34. The highest BCUT2D eigenvalue weighted by molar-refractivity contribution is 7.85. The smallest absolute Gasteiger partial charge is 0.307 e. The Hall–Kier alpha value is -1.36. The van der Waals surface area contributed by atoms with Crippen molar-refractivity contribution in [1.82, 2.24) is 0 Å². The van der Waals surface area contributed by atoms with Crippen LogP contribution in [-0.2, 0) is 15.6 Å². The summed E-state index contributed by atoms with van der Waals surface area (Å²) in [5.41, 5.74) is 0. The molecule has 0 radical (unpaired) electrons. The maximum atomic E-state index is 11.5. The van der Waals surface area contributed by atoms with Crippen molar-refractivity contribution in [2.45, 2.75) is 6.92 Å². The van der Waals surface area contributed by atoms with E-state index in [4.69, 9.17) is 9.84 Å². The molecule has 94 valence electrons. The van der Waals surface area contributed by atoms with E-state index in [1.807, 2.05) is 30.3 Å². The lowest BCUT2D eigenvalue weighted by atomic mass is 10.2. The summed E-state index contributed by atoms with van der Waals surface area (Å²) in [5.74, 6) is -0.231. The average Bonchev–Trinajstić information content (AvgIpc) is 2.30. The van der Waals surface area contributed by atoms with Crippen molar-refractivity contribution in [2.75, 3.05) is 18.1 Å². The van der Waals surface area contributed by atoms with Crippen molar-refractivity contribution >= 4 is 16.8 Å². The fraction of sp³-hybridized carbons (Fsp3) is 0.417. The molecule has 2 atom stereocenters. The van der Waals surface area contributed by atoms with Crippen molar-refractivity contribution in [3.05, 3.63) is 30.3 Å². The highest BCUT2D eigenvalue weighted by Crippen LogP contribution is 2.08. The Balaban J connectivity index is 2.23. The Morgan fingerprint density at radius 1 is 1.41 bits per heavy atom. The van der Waals surface area contributed by atoms with Crippen LogP contribution in [0.3, 0.4) is 0 Å². The average molecular weight is 256 g/mol. The third kappa shape index (κ3) is 5.49. The van der Waals surface area contributed by atoms with Gasteiger partial charge < -0.3 is 9.84 Å². The molecular formula is C12H16O4S. The van der Waals surface area contributed by atoms with Gasteiger partial charge in [0.25, 0.3) is 0 Å². The third-order valence-electron chi connectivity index (χ3n) is 2.18. The van der Waals surface area contributed by atoms with E-state index in [9.17, 15) is 9.00 Å². The lowest BCUT2D eigenvalue weighted by Gasteiger charge is -2.07. The molecule has 0 spiro atoms. The Morgan fingerprint density at radius 2 is 2.06 bits per heavy atom.